The van der Waals surface area contributed by atoms with Crippen molar-refractivity contribution in [2.75, 3.05) is 13.1 Å². The van der Waals surface area contributed by atoms with Crippen LogP contribution in [0.25, 0.3) is 0 Å². The van der Waals surface area contributed by atoms with E-state index in [9.17, 15) is 24.6 Å². The average Bonchev–Trinajstić information content (AvgIpc) is 2.86. The summed E-state index contributed by atoms with van der Waals surface area (Å²) < 4.78 is 5.43. The van der Waals surface area contributed by atoms with Crippen molar-refractivity contribution in [2.24, 2.45) is 0 Å². The number of alkyl carbamates (subject to hydrolysis) is 1. The first-order chi connectivity index (χ1) is 18.5. The normalized spacial score (nSPS) is 12.7. The van der Waals surface area contributed by atoms with E-state index in [0.717, 1.165) is 19.3 Å². The van der Waals surface area contributed by atoms with Crippen LogP contribution in [0.3, 0.4) is 0 Å². The van der Waals surface area contributed by atoms with Crippen LogP contribution in [0.4, 0.5) is 4.79 Å². The third-order valence-electron chi connectivity index (χ3n) is 6.02. The summed E-state index contributed by atoms with van der Waals surface area (Å²) in [5.74, 6) is -0.913. The Balaban J connectivity index is 2.53. The van der Waals surface area contributed by atoms with Crippen LogP contribution in [0.1, 0.15) is 77.5 Å². The lowest BCUT2D eigenvalue weighted by Gasteiger charge is -2.35. The van der Waals surface area contributed by atoms with Crippen LogP contribution in [-0.2, 0) is 20.7 Å². The van der Waals surface area contributed by atoms with E-state index in [1.165, 1.54) is 23.1 Å². The van der Waals surface area contributed by atoms with E-state index in [2.05, 4.69) is 10.6 Å². The molecule has 0 spiro atoms. The summed E-state index contributed by atoms with van der Waals surface area (Å²) in [6.45, 7) is 9.84. The quantitative estimate of drug-likeness (QED) is 0.269. The molecule has 0 saturated carbocycles. The highest BCUT2D eigenvalue weighted by atomic mass is 16.6. The van der Waals surface area contributed by atoms with Gasteiger partial charge in [-0.15, -0.1) is 0 Å². The second-order valence-corrected chi connectivity index (χ2v) is 10.6. The summed E-state index contributed by atoms with van der Waals surface area (Å²) in [5.41, 5.74) is 0.219. The molecule has 0 aliphatic rings. The van der Waals surface area contributed by atoms with Crippen LogP contribution < -0.4 is 10.6 Å². The number of hydrogen-bond donors (Lipinski definition) is 4. The summed E-state index contributed by atoms with van der Waals surface area (Å²) in [6.07, 6.45) is 2.36. The van der Waals surface area contributed by atoms with Crippen LogP contribution in [0, 0.1) is 0 Å². The number of phenolic OH excluding ortho intramolecular Hbond substituents is 2. The Morgan fingerprint density at radius 1 is 0.949 bits per heavy atom. The fourth-order valence-corrected chi connectivity index (χ4v) is 4.07. The number of unbranched alkanes of at least 4 members (excludes halogenated alkanes) is 2. The zero-order valence-corrected chi connectivity index (χ0v) is 23.7. The van der Waals surface area contributed by atoms with E-state index in [-0.39, 0.29) is 24.5 Å². The molecule has 9 heteroatoms. The Hall–Kier alpha value is -3.75. The molecule has 214 valence electrons. The summed E-state index contributed by atoms with van der Waals surface area (Å²) >= 11 is 0. The first-order valence-electron chi connectivity index (χ1n) is 13.6. The van der Waals surface area contributed by atoms with Crippen molar-refractivity contribution in [3.8, 4) is 11.5 Å². The Morgan fingerprint density at radius 3 is 2.18 bits per heavy atom. The molecule has 0 aliphatic heterocycles. The highest BCUT2D eigenvalue weighted by molar-refractivity contribution is 5.92. The molecule has 2 rings (SSSR count). The number of para-hydroxylation sites is 1. The molecule has 3 amide bonds. The predicted molar refractivity (Wildman–Crippen MR) is 150 cm³/mol. The van der Waals surface area contributed by atoms with Gasteiger partial charge in [-0.2, -0.15) is 0 Å². The van der Waals surface area contributed by atoms with Crippen LogP contribution in [0.2, 0.25) is 0 Å². The Labute approximate surface area is 231 Å². The average molecular weight is 542 g/mol. The largest absolute Gasteiger partial charge is 0.508 e. The van der Waals surface area contributed by atoms with E-state index in [4.69, 9.17) is 4.74 Å². The summed E-state index contributed by atoms with van der Waals surface area (Å²) in [7, 11) is 0. The standard InChI is InChI=1S/C30H43N3O6/c1-6-8-18-31-27(36)26(23-12-10-11-13-25(23)35)33(19-9-7-2)28(37)24(32-29(38)39-30(3,4)5)20-21-14-16-22(34)17-15-21/h10-17,24,26,34-35H,6-9,18-20H2,1-5H3,(H,31,36)(H,32,38). The number of ether oxygens (including phenoxy) is 1. The summed E-state index contributed by atoms with van der Waals surface area (Å²) in [4.78, 5) is 42.0. The van der Waals surface area contributed by atoms with Gasteiger partial charge in [0.05, 0.1) is 0 Å². The van der Waals surface area contributed by atoms with Gasteiger partial charge in [0.25, 0.3) is 0 Å². The Morgan fingerprint density at radius 2 is 1.59 bits per heavy atom. The molecular weight excluding hydrogens is 498 g/mol. The minimum atomic E-state index is -1.11. The molecule has 0 heterocycles. The first-order valence-corrected chi connectivity index (χ1v) is 13.6. The first kappa shape index (κ1) is 31.5. The molecule has 0 aromatic heterocycles. The summed E-state index contributed by atoms with van der Waals surface area (Å²) in [5, 5.41) is 26.0. The van der Waals surface area contributed by atoms with Gasteiger partial charge in [0.2, 0.25) is 11.8 Å². The van der Waals surface area contributed by atoms with Gasteiger partial charge in [0.15, 0.2) is 0 Å². The number of phenols is 2. The number of rotatable bonds is 13. The molecule has 0 bridgehead atoms. The Kier molecular flexibility index (Phi) is 12.1. The fourth-order valence-electron chi connectivity index (χ4n) is 4.07. The number of aromatic hydroxyl groups is 2. The van der Waals surface area contributed by atoms with Gasteiger partial charge < -0.3 is 30.5 Å². The third kappa shape index (κ3) is 10.1. The van der Waals surface area contributed by atoms with Crippen LogP contribution in [-0.4, -0.2) is 57.8 Å². The van der Waals surface area contributed by atoms with Crippen molar-refractivity contribution in [3.63, 3.8) is 0 Å². The minimum Gasteiger partial charge on any atom is -0.508 e. The van der Waals surface area contributed by atoms with Crippen molar-refractivity contribution in [3.05, 3.63) is 59.7 Å². The molecule has 9 nitrogen and oxygen atoms in total. The maximum atomic E-state index is 14.2. The number of hydrogen-bond acceptors (Lipinski definition) is 6. The van der Waals surface area contributed by atoms with E-state index in [1.54, 1.807) is 51.1 Å². The fraction of sp³-hybridized carbons (Fsp3) is 0.500. The maximum Gasteiger partial charge on any atom is 0.408 e. The van der Waals surface area contributed by atoms with E-state index in [1.807, 2.05) is 13.8 Å². The van der Waals surface area contributed by atoms with Gasteiger partial charge in [-0.05, 0) is 57.4 Å². The smallest absolute Gasteiger partial charge is 0.408 e. The van der Waals surface area contributed by atoms with Crippen LogP contribution >= 0.6 is 0 Å². The van der Waals surface area contributed by atoms with Gasteiger partial charge in [-0.3, -0.25) is 9.59 Å². The van der Waals surface area contributed by atoms with Crippen molar-refractivity contribution < 1.29 is 29.3 Å². The zero-order chi connectivity index (χ0) is 29.0. The lowest BCUT2D eigenvalue weighted by atomic mass is 9.99. The third-order valence-corrected chi connectivity index (χ3v) is 6.02. The second-order valence-electron chi connectivity index (χ2n) is 10.6. The second kappa shape index (κ2) is 15.0. The van der Waals surface area contributed by atoms with Crippen LogP contribution in [0.15, 0.2) is 48.5 Å². The lowest BCUT2D eigenvalue weighted by molar-refractivity contribution is -0.142. The molecule has 0 aliphatic carbocycles. The number of nitrogens with zero attached hydrogens (tertiary/aromatic N) is 1. The van der Waals surface area contributed by atoms with Crippen molar-refractivity contribution >= 4 is 17.9 Å². The Bertz CT molecular complexity index is 1080. The van der Waals surface area contributed by atoms with Crippen molar-refractivity contribution in [2.45, 2.75) is 84.4 Å². The van der Waals surface area contributed by atoms with Gasteiger partial charge >= 0.3 is 6.09 Å². The topological polar surface area (TPSA) is 128 Å². The SMILES string of the molecule is CCCCNC(=O)C(c1ccccc1O)N(CCCC)C(=O)C(Cc1ccc(O)cc1)NC(=O)OC(C)(C)C. The molecule has 2 unspecified atom stereocenters. The van der Waals surface area contributed by atoms with E-state index >= 15 is 0 Å². The number of nitrogens with one attached hydrogen (secondary N) is 2. The number of amides is 3. The van der Waals surface area contributed by atoms with Gasteiger partial charge in [-0.25, -0.2) is 4.79 Å². The van der Waals surface area contributed by atoms with Crippen molar-refractivity contribution in [1.82, 2.24) is 15.5 Å². The van der Waals surface area contributed by atoms with E-state index < -0.39 is 35.6 Å². The van der Waals surface area contributed by atoms with Crippen LogP contribution in [0.5, 0.6) is 11.5 Å². The van der Waals surface area contributed by atoms with Gasteiger partial charge in [0, 0.05) is 25.1 Å². The summed E-state index contributed by atoms with van der Waals surface area (Å²) in [6, 6.07) is 10.6. The number of carbonyl (C=O) groups excluding carboxylic acids is 3. The molecule has 0 saturated heterocycles. The maximum absolute atomic E-state index is 14.2. The zero-order valence-electron chi connectivity index (χ0n) is 23.7. The molecule has 0 radical (unpaired) electrons. The van der Waals surface area contributed by atoms with Gasteiger partial charge in [-0.1, -0.05) is 57.0 Å². The van der Waals surface area contributed by atoms with E-state index in [0.29, 0.717) is 24.1 Å². The molecule has 2 aromatic rings. The number of benzene rings is 2. The van der Waals surface area contributed by atoms with Crippen molar-refractivity contribution in [1.29, 1.82) is 0 Å². The molecular formula is C30H43N3O6. The highest BCUT2D eigenvalue weighted by Crippen LogP contribution is 2.30. The molecule has 2 aromatic carbocycles. The predicted octanol–water partition coefficient (Wildman–Crippen LogP) is 4.82. The monoisotopic (exact) mass is 541 g/mol. The molecule has 0 fully saturated rings. The minimum absolute atomic E-state index is 0.0784. The molecule has 2 atom stereocenters. The molecule has 39 heavy (non-hydrogen) atoms. The van der Waals surface area contributed by atoms with Gasteiger partial charge in [0.1, 0.15) is 29.2 Å². The number of carbonyl (C=O) groups is 3. The highest BCUT2D eigenvalue weighted by Gasteiger charge is 2.37. The lowest BCUT2D eigenvalue weighted by Crippen LogP contribution is -2.54. The molecule has 4 N–H and O–H groups in total.